The molecule has 0 bridgehead atoms. The minimum atomic E-state index is -0.192. The first-order valence-corrected chi connectivity index (χ1v) is 8.22. The predicted octanol–water partition coefficient (Wildman–Crippen LogP) is -0.163. The van der Waals surface area contributed by atoms with Crippen LogP contribution in [-0.2, 0) is 11.8 Å². The second-order valence-corrected chi connectivity index (χ2v) is 6.04. The molecule has 0 aliphatic carbocycles. The number of H-pyrrole nitrogens is 1. The van der Waals surface area contributed by atoms with Gasteiger partial charge in [-0.1, -0.05) is 0 Å². The minimum absolute atomic E-state index is 0.0154. The normalized spacial score (nSPS) is 17.5. The summed E-state index contributed by atoms with van der Waals surface area (Å²) in [7, 11) is 1.62. The lowest BCUT2D eigenvalue weighted by Gasteiger charge is -2.34. The number of morpholine rings is 1. The summed E-state index contributed by atoms with van der Waals surface area (Å²) in [6.45, 7) is 4.25. The van der Waals surface area contributed by atoms with E-state index in [1.54, 1.807) is 19.3 Å². The number of carbonyl (C=O) groups is 1. The third-order valence-electron chi connectivity index (χ3n) is 4.25. The van der Waals surface area contributed by atoms with Gasteiger partial charge in [0.1, 0.15) is 5.69 Å². The molecule has 0 saturated carbocycles. The average Bonchev–Trinajstić information content (AvgIpc) is 3.04. The number of aryl methyl sites for hydroxylation is 2. The van der Waals surface area contributed by atoms with Gasteiger partial charge in [-0.05, 0) is 13.3 Å². The van der Waals surface area contributed by atoms with Crippen LogP contribution >= 0.6 is 0 Å². The molecule has 1 aliphatic heterocycles. The molecule has 1 amide bonds. The number of aromatic amines is 1. The zero-order chi connectivity index (χ0) is 17.8. The molecular weight excluding hydrogens is 324 g/mol. The van der Waals surface area contributed by atoms with Crippen molar-refractivity contribution in [1.29, 1.82) is 0 Å². The number of carbonyl (C=O) groups excluding carboxylic acids is 1. The number of nitrogens with one attached hydrogen (secondary N) is 2. The second kappa shape index (κ2) is 7.47. The highest BCUT2D eigenvalue weighted by molar-refractivity contribution is 5.93. The van der Waals surface area contributed by atoms with Crippen molar-refractivity contribution < 1.29 is 9.53 Å². The van der Waals surface area contributed by atoms with E-state index in [4.69, 9.17) is 4.74 Å². The van der Waals surface area contributed by atoms with Crippen molar-refractivity contribution in [3.05, 3.63) is 40.3 Å². The predicted molar refractivity (Wildman–Crippen MR) is 91.7 cm³/mol. The molecule has 3 heterocycles. The number of anilines is 1. The fourth-order valence-electron chi connectivity index (χ4n) is 2.78. The molecule has 0 aromatic carbocycles. The van der Waals surface area contributed by atoms with Crippen LogP contribution in [0.2, 0.25) is 0 Å². The van der Waals surface area contributed by atoms with E-state index in [-0.39, 0.29) is 17.6 Å². The highest BCUT2D eigenvalue weighted by atomic mass is 16.5. The Morgan fingerprint density at radius 3 is 3.08 bits per heavy atom. The molecule has 3 rings (SSSR count). The minimum Gasteiger partial charge on any atom is -0.374 e. The molecule has 9 heteroatoms. The number of rotatable bonds is 5. The molecule has 2 N–H and O–H groups in total. The van der Waals surface area contributed by atoms with Crippen molar-refractivity contribution in [3.63, 3.8) is 0 Å². The Morgan fingerprint density at radius 2 is 2.36 bits per heavy atom. The van der Waals surface area contributed by atoms with Crippen molar-refractivity contribution in [3.8, 4) is 0 Å². The number of amides is 1. The van der Waals surface area contributed by atoms with Gasteiger partial charge in [0.15, 0.2) is 0 Å². The van der Waals surface area contributed by atoms with Gasteiger partial charge >= 0.3 is 0 Å². The van der Waals surface area contributed by atoms with Gasteiger partial charge in [-0.15, -0.1) is 0 Å². The van der Waals surface area contributed by atoms with Gasteiger partial charge in [0, 0.05) is 38.4 Å². The summed E-state index contributed by atoms with van der Waals surface area (Å²) in [6, 6.07) is 1.58. The third kappa shape index (κ3) is 4.05. The summed E-state index contributed by atoms with van der Waals surface area (Å²) in [6.07, 6.45) is 3.86. The van der Waals surface area contributed by atoms with E-state index >= 15 is 0 Å². The molecule has 0 unspecified atom stereocenters. The van der Waals surface area contributed by atoms with Crippen LogP contribution in [0.5, 0.6) is 0 Å². The fraction of sp³-hybridized carbons (Fsp3) is 0.500. The maximum absolute atomic E-state index is 12.0. The van der Waals surface area contributed by atoms with Gasteiger partial charge < -0.3 is 19.9 Å². The summed E-state index contributed by atoms with van der Waals surface area (Å²) in [5.41, 5.74) is 1.82. The van der Waals surface area contributed by atoms with Gasteiger partial charge in [0.05, 0.1) is 30.9 Å². The summed E-state index contributed by atoms with van der Waals surface area (Å²) in [5.74, 6) is -0.192. The summed E-state index contributed by atoms with van der Waals surface area (Å²) in [5, 5.41) is 6.91. The smallest absolute Gasteiger partial charge is 0.271 e. The molecule has 1 aliphatic rings. The molecule has 25 heavy (non-hydrogen) atoms. The Morgan fingerprint density at radius 1 is 1.52 bits per heavy atom. The van der Waals surface area contributed by atoms with Gasteiger partial charge in [-0.3, -0.25) is 9.59 Å². The Bertz CT molecular complexity index is 799. The Balaban J connectivity index is 1.52. The van der Waals surface area contributed by atoms with E-state index in [0.717, 1.165) is 11.4 Å². The van der Waals surface area contributed by atoms with Gasteiger partial charge in [-0.25, -0.2) is 9.67 Å². The average molecular weight is 346 g/mol. The zero-order valence-electron chi connectivity index (χ0n) is 14.4. The largest absolute Gasteiger partial charge is 0.374 e. The number of aromatic nitrogens is 4. The van der Waals surface area contributed by atoms with Crippen LogP contribution in [0, 0.1) is 6.92 Å². The molecule has 9 nitrogen and oxygen atoms in total. The molecule has 2 aromatic heterocycles. The van der Waals surface area contributed by atoms with E-state index < -0.39 is 0 Å². The van der Waals surface area contributed by atoms with E-state index in [1.165, 1.54) is 11.0 Å². The van der Waals surface area contributed by atoms with Crippen LogP contribution in [0.15, 0.2) is 23.4 Å². The molecule has 0 spiro atoms. The van der Waals surface area contributed by atoms with Gasteiger partial charge in [-0.2, -0.15) is 5.10 Å². The second-order valence-electron chi connectivity index (χ2n) is 6.04. The molecule has 1 atom stereocenters. The monoisotopic (exact) mass is 346 g/mol. The Labute approximate surface area is 145 Å². The van der Waals surface area contributed by atoms with Crippen molar-refractivity contribution in [2.24, 2.45) is 7.05 Å². The van der Waals surface area contributed by atoms with Crippen LogP contribution in [0.3, 0.4) is 0 Å². The van der Waals surface area contributed by atoms with Gasteiger partial charge in [0.2, 0.25) is 0 Å². The number of hydrogen-bond acceptors (Lipinski definition) is 6. The highest BCUT2D eigenvalue weighted by Crippen LogP contribution is 2.16. The summed E-state index contributed by atoms with van der Waals surface area (Å²) < 4.78 is 7.06. The van der Waals surface area contributed by atoms with Crippen LogP contribution < -0.4 is 15.8 Å². The zero-order valence-corrected chi connectivity index (χ0v) is 14.4. The Kier molecular flexibility index (Phi) is 5.13. The fourth-order valence-corrected chi connectivity index (χ4v) is 2.78. The molecular formula is C16H22N6O3. The number of hydrogen-bond donors (Lipinski definition) is 2. The highest BCUT2D eigenvalue weighted by Gasteiger charge is 2.21. The van der Waals surface area contributed by atoms with E-state index in [0.29, 0.717) is 38.4 Å². The molecule has 0 radical (unpaired) electrons. The van der Waals surface area contributed by atoms with Gasteiger partial charge in [0.25, 0.3) is 11.5 Å². The Hall–Kier alpha value is -2.68. The lowest BCUT2D eigenvalue weighted by Crippen LogP contribution is -2.44. The van der Waals surface area contributed by atoms with E-state index in [9.17, 15) is 9.59 Å². The molecule has 134 valence electrons. The summed E-state index contributed by atoms with van der Waals surface area (Å²) in [4.78, 5) is 32.7. The first-order valence-electron chi connectivity index (χ1n) is 8.22. The maximum Gasteiger partial charge on any atom is 0.271 e. The number of imidazole rings is 1. The van der Waals surface area contributed by atoms with Crippen LogP contribution in [0.4, 0.5) is 5.69 Å². The van der Waals surface area contributed by atoms with Crippen molar-refractivity contribution in [2.75, 3.05) is 31.1 Å². The molecule has 1 fully saturated rings. The van der Waals surface area contributed by atoms with Crippen LogP contribution in [0.1, 0.15) is 22.6 Å². The topological polar surface area (TPSA) is 105 Å². The number of nitrogens with zero attached hydrogens (tertiary/aromatic N) is 4. The van der Waals surface area contributed by atoms with Crippen molar-refractivity contribution in [1.82, 2.24) is 25.1 Å². The third-order valence-corrected chi connectivity index (χ3v) is 4.25. The standard InChI is InChI=1S/C16H22N6O3/c1-11-15(19-10-18-11)16(24)17-4-3-13-9-22(5-6-25-13)12-7-14(23)21(2)20-8-12/h7-8,10,13H,3-6,9H2,1-2H3,(H,17,24)(H,18,19)/t13-/m0/s1. The first kappa shape index (κ1) is 17.2. The number of ether oxygens (including phenoxy) is 1. The lowest BCUT2D eigenvalue weighted by atomic mass is 10.2. The van der Waals surface area contributed by atoms with Crippen LogP contribution in [0.25, 0.3) is 0 Å². The molecule has 1 saturated heterocycles. The van der Waals surface area contributed by atoms with Crippen molar-refractivity contribution in [2.45, 2.75) is 19.4 Å². The van der Waals surface area contributed by atoms with Crippen molar-refractivity contribution >= 4 is 11.6 Å². The first-order chi connectivity index (χ1) is 12.0. The maximum atomic E-state index is 12.0. The summed E-state index contributed by atoms with van der Waals surface area (Å²) >= 11 is 0. The SMILES string of the molecule is Cc1[nH]cnc1C(=O)NCC[C@H]1CN(c2cnn(C)c(=O)c2)CCO1. The van der Waals surface area contributed by atoms with E-state index in [1.807, 2.05) is 6.92 Å². The quantitative estimate of drug-likeness (QED) is 0.779. The van der Waals surface area contributed by atoms with Crippen LogP contribution in [-0.4, -0.2) is 58.0 Å². The molecule has 2 aromatic rings. The van der Waals surface area contributed by atoms with E-state index in [2.05, 4.69) is 25.3 Å². The lowest BCUT2D eigenvalue weighted by molar-refractivity contribution is 0.0353.